The van der Waals surface area contributed by atoms with Crippen LogP contribution in [0.2, 0.25) is 0 Å². The van der Waals surface area contributed by atoms with E-state index in [2.05, 4.69) is 17.4 Å². The second-order valence-electron chi connectivity index (χ2n) is 7.35. The predicted octanol–water partition coefficient (Wildman–Crippen LogP) is 4.30. The number of benzene rings is 2. The Morgan fingerprint density at radius 3 is 2.56 bits per heavy atom. The Hall–Kier alpha value is -2.04. The highest BCUT2D eigenvalue weighted by Crippen LogP contribution is 2.43. The topological polar surface area (TPSA) is 50.7 Å². The monoisotopic (exact) mass is 341 g/mol. The number of ether oxygens (including phenoxy) is 2. The van der Waals surface area contributed by atoms with Gasteiger partial charge in [0.15, 0.2) is 0 Å². The molecule has 0 fully saturated rings. The number of hydrogen-bond acceptors (Lipinski definition) is 4. The molecular weight excluding hydrogens is 314 g/mol. The maximum absolute atomic E-state index is 10.7. The zero-order valence-corrected chi connectivity index (χ0v) is 15.3. The molecule has 0 aliphatic carbocycles. The number of fused-ring (bicyclic) bond motifs is 1. The van der Waals surface area contributed by atoms with Crippen LogP contribution in [0.3, 0.4) is 0 Å². The average Bonchev–Trinajstić information content (AvgIpc) is 2.58. The van der Waals surface area contributed by atoms with Gasteiger partial charge in [-0.05, 0) is 51.5 Å². The lowest BCUT2D eigenvalue weighted by Crippen LogP contribution is -2.49. The van der Waals surface area contributed by atoms with Gasteiger partial charge in [0.05, 0.1) is 6.10 Å². The molecule has 0 unspecified atom stereocenters. The standard InChI is InChI=1S/C21H27NO3/c1-14(2)24-19-17-12-16(22-13-15-8-6-5-7-9-15)10-11-18(17)25-21(3,4)20(19)23/h5-12,14,19-20,22-23H,13H2,1-4H3/t19-,20+/m1/s1. The molecule has 0 spiro atoms. The first-order valence-corrected chi connectivity index (χ1v) is 8.81. The van der Waals surface area contributed by atoms with E-state index in [1.807, 2.05) is 64.1 Å². The molecule has 1 heterocycles. The summed E-state index contributed by atoms with van der Waals surface area (Å²) in [7, 11) is 0. The van der Waals surface area contributed by atoms with Crippen LogP contribution in [0.1, 0.15) is 44.9 Å². The smallest absolute Gasteiger partial charge is 0.132 e. The molecule has 2 atom stereocenters. The molecule has 4 heteroatoms. The molecular formula is C21H27NO3. The fourth-order valence-corrected chi connectivity index (χ4v) is 3.09. The summed E-state index contributed by atoms with van der Waals surface area (Å²) in [4.78, 5) is 0. The molecule has 134 valence electrons. The molecule has 0 saturated carbocycles. The first-order valence-electron chi connectivity index (χ1n) is 8.81. The second-order valence-corrected chi connectivity index (χ2v) is 7.35. The lowest BCUT2D eigenvalue weighted by Gasteiger charge is -2.42. The van der Waals surface area contributed by atoms with E-state index in [1.165, 1.54) is 5.56 Å². The van der Waals surface area contributed by atoms with Crippen molar-refractivity contribution in [1.29, 1.82) is 0 Å². The zero-order valence-electron chi connectivity index (χ0n) is 15.3. The molecule has 0 aromatic heterocycles. The van der Waals surface area contributed by atoms with Gasteiger partial charge in [0, 0.05) is 17.8 Å². The molecule has 0 radical (unpaired) electrons. The van der Waals surface area contributed by atoms with E-state index in [-0.39, 0.29) is 6.10 Å². The Morgan fingerprint density at radius 2 is 1.88 bits per heavy atom. The molecule has 2 aromatic carbocycles. The van der Waals surface area contributed by atoms with Crippen LogP contribution in [-0.2, 0) is 11.3 Å². The molecule has 0 amide bonds. The Balaban J connectivity index is 1.85. The van der Waals surface area contributed by atoms with Crippen LogP contribution in [0, 0.1) is 0 Å². The summed E-state index contributed by atoms with van der Waals surface area (Å²) in [6, 6.07) is 16.2. The number of nitrogens with one attached hydrogen (secondary N) is 1. The van der Waals surface area contributed by atoms with Crippen LogP contribution >= 0.6 is 0 Å². The van der Waals surface area contributed by atoms with Gasteiger partial charge in [0.25, 0.3) is 0 Å². The van der Waals surface area contributed by atoms with E-state index in [0.717, 1.165) is 23.5 Å². The van der Waals surface area contributed by atoms with E-state index in [9.17, 15) is 5.11 Å². The fourth-order valence-electron chi connectivity index (χ4n) is 3.09. The van der Waals surface area contributed by atoms with Gasteiger partial charge in [-0.3, -0.25) is 0 Å². The second kappa shape index (κ2) is 7.06. The van der Waals surface area contributed by atoms with Gasteiger partial charge in [-0.25, -0.2) is 0 Å². The minimum absolute atomic E-state index is 0.0161. The van der Waals surface area contributed by atoms with Crippen molar-refractivity contribution in [3.05, 3.63) is 59.7 Å². The SMILES string of the molecule is CC(C)O[C@@H]1c2cc(NCc3ccccc3)ccc2OC(C)(C)[C@H]1O. The molecule has 1 aliphatic rings. The lowest BCUT2D eigenvalue weighted by atomic mass is 9.88. The zero-order chi connectivity index (χ0) is 18.0. The van der Waals surface area contributed by atoms with E-state index >= 15 is 0 Å². The first-order chi connectivity index (χ1) is 11.9. The molecule has 2 N–H and O–H groups in total. The molecule has 1 aliphatic heterocycles. The third-order valence-electron chi connectivity index (χ3n) is 4.45. The molecule has 2 aromatic rings. The van der Waals surface area contributed by atoms with E-state index in [4.69, 9.17) is 9.47 Å². The third-order valence-corrected chi connectivity index (χ3v) is 4.45. The summed E-state index contributed by atoms with van der Waals surface area (Å²) >= 11 is 0. The van der Waals surface area contributed by atoms with Crippen molar-refractivity contribution < 1.29 is 14.6 Å². The minimum Gasteiger partial charge on any atom is -0.485 e. The number of hydrogen-bond donors (Lipinski definition) is 2. The quantitative estimate of drug-likeness (QED) is 0.851. The summed E-state index contributed by atoms with van der Waals surface area (Å²) in [6.45, 7) is 8.47. The number of aliphatic hydroxyl groups excluding tert-OH is 1. The summed E-state index contributed by atoms with van der Waals surface area (Å²) in [5, 5.41) is 14.1. The van der Waals surface area contributed by atoms with Crippen molar-refractivity contribution in [2.45, 2.75) is 58.2 Å². The Morgan fingerprint density at radius 1 is 1.16 bits per heavy atom. The van der Waals surface area contributed by atoms with Crippen molar-refractivity contribution in [1.82, 2.24) is 0 Å². The Labute approximate surface area is 149 Å². The highest BCUT2D eigenvalue weighted by atomic mass is 16.5. The van der Waals surface area contributed by atoms with Gasteiger partial charge in [0.2, 0.25) is 0 Å². The van der Waals surface area contributed by atoms with Gasteiger partial charge < -0.3 is 19.9 Å². The van der Waals surface area contributed by atoms with E-state index < -0.39 is 17.8 Å². The van der Waals surface area contributed by atoms with Gasteiger partial charge in [-0.2, -0.15) is 0 Å². The molecule has 0 bridgehead atoms. The Kier molecular flexibility index (Phi) is 5.02. The number of aliphatic hydroxyl groups is 1. The van der Waals surface area contributed by atoms with Crippen molar-refractivity contribution in [2.75, 3.05) is 5.32 Å². The van der Waals surface area contributed by atoms with Crippen LogP contribution in [0.15, 0.2) is 48.5 Å². The predicted molar refractivity (Wildman–Crippen MR) is 99.9 cm³/mol. The number of anilines is 1. The van der Waals surface area contributed by atoms with Gasteiger partial charge in [-0.1, -0.05) is 30.3 Å². The maximum atomic E-state index is 10.7. The van der Waals surface area contributed by atoms with Crippen molar-refractivity contribution in [3.8, 4) is 5.75 Å². The maximum Gasteiger partial charge on any atom is 0.132 e. The summed E-state index contributed by atoms with van der Waals surface area (Å²) in [5.41, 5.74) is 2.40. The molecule has 3 rings (SSSR count). The summed E-state index contributed by atoms with van der Waals surface area (Å²) < 4.78 is 12.0. The first kappa shape index (κ1) is 17.8. The van der Waals surface area contributed by atoms with E-state index in [1.54, 1.807) is 0 Å². The molecule has 25 heavy (non-hydrogen) atoms. The van der Waals surface area contributed by atoms with E-state index in [0.29, 0.717) is 0 Å². The lowest BCUT2D eigenvalue weighted by molar-refractivity contribution is -0.147. The van der Waals surface area contributed by atoms with Gasteiger partial charge in [-0.15, -0.1) is 0 Å². The third kappa shape index (κ3) is 3.97. The largest absolute Gasteiger partial charge is 0.485 e. The Bertz CT molecular complexity index is 712. The highest BCUT2D eigenvalue weighted by Gasteiger charge is 2.44. The van der Waals surface area contributed by atoms with Crippen molar-refractivity contribution in [3.63, 3.8) is 0 Å². The summed E-state index contributed by atoms with van der Waals surface area (Å²) in [5.74, 6) is 0.770. The van der Waals surface area contributed by atoms with Gasteiger partial charge in [0.1, 0.15) is 23.6 Å². The van der Waals surface area contributed by atoms with Crippen LogP contribution in [0.25, 0.3) is 0 Å². The molecule has 4 nitrogen and oxygen atoms in total. The fraction of sp³-hybridized carbons (Fsp3) is 0.429. The normalized spacial score (nSPS) is 21.5. The summed E-state index contributed by atoms with van der Waals surface area (Å²) in [6.07, 6.45) is -1.12. The minimum atomic E-state index is -0.730. The number of rotatable bonds is 5. The molecule has 0 saturated heterocycles. The highest BCUT2D eigenvalue weighted by molar-refractivity contribution is 5.53. The average molecular weight is 341 g/mol. The van der Waals surface area contributed by atoms with Crippen LogP contribution in [-0.4, -0.2) is 22.9 Å². The van der Waals surface area contributed by atoms with Crippen LogP contribution in [0.4, 0.5) is 5.69 Å². The van der Waals surface area contributed by atoms with Crippen molar-refractivity contribution >= 4 is 5.69 Å². The van der Waals surface area contributed by atoms with Crippen LogP contribution in [0.5, 0.6) is 5.75 Å². The van der Waals surface area contributed by atoms with Crippen molar-refractivity contribution in [2.24, 2.45) is 0 Å². The van der Waals surface area contributed by atoms with Crippen LogP contribution < -0.4 is 10.1 Å². The van der Waals surface area contributed by atoms with Gasteiger partial charge >= 0.3 is 0 Å².